The highest BCUT2D eigenvalue weighted by Crippen LogP contribution is 2.37. The van der Waals surface area contributed by atoms with Crippen molar-refractivity contribution in [3.8, 4) is 12.3 Å². The Kier molecular flexibility index (Phi) is 3.36. The molecule has 2 aromatic rings. The first-order chi connectivity index (χ1) is 10.2. The lowest BCUT2D eigenvalue weighted by Crippen LogP contribution is -2.18. The van der Waals surface area contributed by atoms with Crippen molar-refractivity contribution in [2.45, 2.75) is 31.3 Å². The first kappa shape index (κ1) is 13.2. The fraction of sp³-hybridized carbons (Fsp3) is 0.357. The van der Waals surface area contributed by atoms with Crippen molar-refractivity contribution >= 4 is 17.2 Å². The molecular weight excluding hydrogens is 268 g/mol. The van der Waals surface area contributed by atoms with E-state index in [4.69, 9.17) is 6.42 Å². The van der Waals surface area contributed by atoms with Crippen LogP contribution in [-0.2, 0) is 4.79 Å². The topological polar surface area (TPSA) is 84.0 Å². The third-order valence-corrected chi connectivity index (χ3v) is 3.34. The SMILES string of the molecule is C#CCCC1(CCC(=O)Nc2cnc3ccnn3c2)N=N1. The summed E-state index contributed by atoms with van der Waals surface area (Å²) < 4.78 is 1.61. The third-order valence-electron chi connectivity index (χ3n) is 3.34. The van der Waals surface area contributed by atoms with E-state index in [1.807, 2.05) is 0 Å². The molecule has 0 saturated carbocycles. The Balaban J connectivity index is 1.53. The molecule has 0 radical (unpaired) electrons. The third kappa shape index (κ3) is 3.05. The highest BCUT2D eigenvalue weighted by Gasteiger charge is 2.39. The number of hydrogen-bond donors (Lipinski definition) is 1. The van der Waals surface area contributed by atoms with E-state index < -0.39 is 5.66 Å². The first-order valence-corrected chi connectivity index (χ1v) is 6.68. The van der Waals surface area contributed by atoms with E-state index in [9.17, 15) is 4.79 Å². The Morgan fingerprint density at radius 2 is 2.29 bits per heavy atom. The van der Waals surface area contributed by atoms with Crippen LogP contribution in [0.2, 0.25) is 0 Å². The van der Waals surface area contributed by atoms with Crippen LogP contribution in [0.4, 0.5) is 5.69 Å². The van der Waals surface area contributed by atoms with Gasteiger partial charge in [-0.15, -0.1) is 12.3 Å². The number of hydrogen-bond acceptors (Lipinski definition) is 5. The summed E-state index contributed by atoms with van der Waals surface area (Å²) in [6.45, 7) is 0. The van der Waals surface area contributed by atoms with Gasteiger partial charge in [0.05, 0.1) is 24.3 Å². The lowest BCUT2D eigenvalue weighted by molar-refractivity contribution is -0.116. The zero-order valence-electron chi connectivity index (χ0n) is 11.4. The van der Waals surface area contributed by atoms with Crippen molar-refractivity contribution in [2.75, 3.05) is 5.32 Å². The van der Waals surface area contributed by atoms with Gasteiger partial charge in [0.15, 0.2) is 11.3 Å². The van der Waals surface area contributed by atoms with Gasteiger partial charge < -0.3 is 5.32 Å². The Morgan fingerprint density at radius 1 is 1.43 bits per heavy atom. The maximum absolute atomic E-state index is 11.9. The predicted molar refractivity (Wildman–Crippen MR) is 76.5 cm³/mol. The van der Waals surface area contributed by atoms with Crippen LogP contribution < -0.4 is 5.32 Å². The molecule has 0 atom stereocenters. The highest BCUT2D eigenvalue weighted by molar-refractivity contribution is 5.90. The van der Waals surface area contributed by atoms with Crippen molar-refractivity contribution < 1.29 is 4.79 Å². The summed E-state index contributed by atoms with van der Waals surface area (Å²) >= 11 is 0. The standard InChI is InChI=1S/C14H14N6O/c1-2-3-6-14(18-19-14)7-4-13(21)17-11-9-15-12-5-8-16-20(12)10-11/h1,5,8-10H,3-4,6-7H2,(H,17,21). The highest BCUT2D eigenvalue weighted by atomic mass is 16.1. The average Bonchev–Trinajstić information content (AvgIpc) is 3.11. The Bertz CT molecular complexity index is 735. The van der Waals surface area contributed by atoms with E-state index in [0.29, 0.717) is 31.4 Å². The Morgan fingerprint density at radius 3 is 3.05 bits per heavy atom. The summed E-state index contributed by atoms with van der Waals surface area (Å²) in [6.07, 6.45) is 12.5. The number of rotatable bonds is 6. The van der Waals surface area contributed by atoms with Gasteiger partial charge in [0.1, 0.15) is 0 Å². The molecule has 1 N–H and O–H groups in total. The molecule has 0 aromatic carbocycles. The molecule has 3 rings (SSSR count). The quantitative estimate of drug-likeness (QED) is 0.823. The average molecular weight is 282 g/mol. The van der Waals surface area contributed by atoms with Crippen LogP contribution in [0.15, 0.2) is 34.9 Å². The van der Waals surface area contributed by atoms with Gasteiger partial charge in [-0.05, 0) is 0 Å². The van der Waals surface area contributed by atoms with Crippen molar-refractivity contribution in [1.82, 2.24) is 14.6 Å². The van der Waals surface area contributed by atoms with Gasteiger partial charge in [0, 0.05) is 31.7 Å². The zero-order valence-corrected chi connectivity index (χ0v) is 11.4. The van der Waals surface area contributed by atoms with Crippen molar-refractivity contribution in [3.63, 3.8) is 0 Å². The Labute approximate surface area is 121 Å². The van der Waals surface area contributed by atoms with Gasteiger partial charge in [0.25, 0.3) is 0 Å². The second kappa shape index (κ2) is 5.32. The fourth-order valence-electron chi connectivity index (χ4n) is 2.08. The lowest BCUT2D eigenvalue weighted by atomic mass is 10.0. The maximum atomic E-state index is 11.9. The van der Waals surface area contributed by atoms with E-state index in [2.05, 4.69) is 31.5 Å². The smallest absolute Gasteiger partial charge is 0.224 e. The molecule has 0 aliphatic carbocycles. The minimum absolute atomic E-state index is 0.0966. The molecule has 0 spiro atoms. The van der Waals surface area contributed by atoms with E-state index in [1.165, 1.54) is 0 Å². The predicted octanol–water partition coefficient (Wildman–Crippen LogP) is 2.02. The number of nitrogens with one attached hydrogen (secondary N) is 1. The number of carbonyl (C=O) groups excluding carboxylic acids is 1. The summed E-state index contributed by atoms with van der Waals surface area (Å²) in [7, 11) is 0. The first-order valence-electron chi connectivity index (χ1n) is 6.68. The van der Waals surface area contributed by atoms with Crippen LogP contribution in [0.3, 0.4) is 0 Å². The van der Waals surface area contributed by atoms with Gasteiger partial charge >= 0.3 is 0 Å². The largest absolute Gasteiger partial charge is 0.323 e. The molecule has 1 aliphatic heterocycles. The van der Waals surface area contributed by atoms with Gasteiger partial charge in [-0.25, -0.2) is 9.50 Å². The fourth-order valence-corrected chi connectivity index (χ4v) is 2.08. The van der Waals surface area contributed by atoms with Crippen molar-refractivity contribution in [2.24, 2.45) is 10.2 Å². The summed E-state index contributed by atoms with van der Waals surface area (Å²) in [5, 5.41) is 14.9. The molecular formula is C14H14N6O. The molecule has 0 fully saturated rings. The summed E-state index contributed by atoms with van der Waals surface area (Å²) in [5.74, 6) is 2.47. The minimum Gasteiger partial charge on any atom is -0.323 e. The summed E-state index contributed by atoms with van der Waals surface area (Å²) in [6, 6.07) is 1.79. The van der Waals surface area contributed by atoms with Crippen LogP contribution in [0.1, 0.15) is 25.7 Å². The molecule has 2 aromatic heterocycles. The molecule has 0 bridgehead atoms. The zero-order chi connectivity index (χ0) is 14.7. The van der Waals surface area contributed by atoms with Crippen LogP contribution in [0.25, 0.3) is 5.65 Å². The van der Waals surface area contributed by atoms with Gasteiger partial charge in [-0.1, -0.05) is 0 Å². The van der Waals surface area contributed by atoms with Crippen LogP contribution in [0, 0.1) is 12.3 Å². The molecule has 106 valence electrons. The molecule has 0 saturated heterocycles. The number of aromatic nitrogens is 3. The molecule has 0 unspecified atom stereocenters. The van der Waals surface area contributed by atoms with E-state index >= 15 is 0 Å². The van der Waals surface area contributed by atoms with Gasteiger partial charge in [-0.2, -0.15) is 15.3 Å². The van der Waals surface area contributed by atoms with Gasteiger partial charge in [0.2, 0.25) is 5.91 Å². The van der Waals surface area contributed by atoms with Gasteiger partial charge in [-0.3, -0.25) is 4.79 Å². The maximum Gasteiger partial charge on any atom is 0.224 e. The summed E-state index contributed by atoms with van der Waals surface area (Å²) in [5.41, 5.74) is 0.920. The number of terminal acetylenes is 1. The molecule has 7 nitrogen and oxygen atoms in total. The second-order valence-electron chi connectivity index (χ2n) is 4.91. The van der Waals surface area contributed by atoms with Crippen LogP contribution >= 0.6 is 0 Å². The van der Waals surface area contributed by atoms with E-state index in [0.717, 1.165) is 5.65 Å². The normalized spacial score (nSPS) is 14.8. The van der Waals surface area contributed by atoms with E-state index in [1.54, 1.807) is 29.2 Å². The second-order valence-corrected chi connectivity index (χ2v) is 4.91. The van der Waals surface area contributed by atoms with Crippen LogP contribution in [-0.4, -0.2) is 26.2 Å². The molecule has 21 heavy (non-hydrogen) atoms. The lowest BCUT2D eigenvalue weighted by Gasteiger charge is -2.09. The molecule has 1 amide bonds. The number of amides is 1. The van der Waals surface area contributed by atoms with Crippen LogP contribution in [0.5, 0.6) is 0 Å². The minimum atomic E-state index is -0.423. The molecule has 3 heterocycles. The monoisotopic (exact) mass is 282 g/mol. The van der Waals surface area contributed by atoms with Crippen molar-refractivity contribution in [3.05, 3.63) is 24.7 Å². The Hall–Kier alpha value is -2.75. The number of fused-ring (bicyclic) bond motifs is 1. The number of anilines is 1. The number of nitrogens with zero attached hydrogens (tertiary/aromatic N) is 5. The summed E-state index contributed by atoms with van der Waals surface area (Å²) in [4.78, 5) is 16.1. The van der Waals surface area contributed by atoms with E-state index in [-0.39, 0.29) is 5.91 Å². The molecule has 7 heteroatoms. The molecule has 1 aliphatic rings. The number of carbonyl (C=O) groups is 1. The van der Waals surface area contributed by atoms with Crippen molar-refractivity contribution in [1.29, 1.82) is 0 Å².